The van der Waals surface area contributed by atoms with E-state index in [1.54, 1.807) is 18.7 Å². The van der Waals surface area contributed by atoms with E-state index in [4.69, 9.17) is 15.2 Å². The van der Waals surface area contributed by atoms with Gasteiger partial charge in [0.2, 0.25) is 0 Å². The smallest absolute Gasteiger partial charge is 0.408 e. The molecule has 0 aliphatic heterocycles. The van der Waals surface area contributed by atoms with Crippen LogP contribution in [0, 0.1) is 0 Å². The minimum atomic E-state index is -0.623. The minimum Gasteiger partial charge on any atom is -0.430 e. The molecule has 0 aliphatic rings. The fourth-order valence-corrected chi connectivity index (χ4v) is 3.11. The Bertz CT molecular complexity index is 610. The lowest BCUT2D eigenvalue weighted by atomic mass is 10.1. The molecule has 0 fully saturated rings. The summed E-state index contributed by atoms with van der Waals surface area (Å²) in [6, 6.07) is 9.71. The molecule has 1 aromatic rings. The SMILES string of the molecule is CCCCNC(=O)OC(C)N(CC(N)Cc1ccccc1)C(C)OC(=O)NCCCC.Cl.Cl. The van der Waals surface area contributed by atoms with Crippen molar-refractivity contribution >= 4 is 37.0 Å². The zero-order valence-electron chi connectivity index (χ0n) is 20.2. The summed E-state index contributed by atoms with van der Waals surface area (Å²) >= 11 is 0. The fraction of sp³-hybridized carbons (Fsp3) is 0.652. The lowest BCUT2D eigenvalue weighted by Gasteiger charge is -2.34. The second kappa shape index (κ2) is 19.7. The quantitative estimate of drug-likeness (QED) is 0.253. The molecule has 0 heterocycles. The molecule has 10 heteroatoms. The van der Waals surface area contributed by atoms with Gasteiger partial charge in [0.15, 0.2) is 12.5 Å². The van der Waals surface area contributed by atoms with Gasteiger partial charge in [-0.05, 0) is 38.7 Å². The normalized spacial score (nSPS) is 13.0. The van der Waals surface area contributed by atoms with E-state index >= 15 is 0 Å². The zero-order valence-corrected chi connectivity index (χ0v) is 21.9. The van der Waals surface area contributed by atoms with E-state index in [1.807, 2.05) is 30.3 Å². The Hall–Kier alpha value is -1.74. The number of alkyl carbamates (subject to hydrolysis) is 2. The molecule has 4 N–H and O–H groups in total. The van der Waals surface area contributed by atoms with Gasteiger partial charge in [0, 0.05) is 25.7 Å². The molecule has 0 saturated heterocycles. The van der Waals surface area contributed by atoms with E-state index in [0.717, 1.165) is 31.2 Å². The number of nitrogens with two attached hydrogens (primary N) is 1. The Morgan fingerprint density at radius 3 is 1.79 bits per heavy atom. The van der Waals surface area contributed by atoms with E-state index in [2.05, 4.69) is 24.5 Å². The molecule has 0 radical (unpaired) electrons. The molecule has 0 saturated carbocycles. The van der Waals surface area contributed by atoms with Crippen molar-refractivity contribution in [3.05, 3.63) is 35.9 Å². The molecule has 1 rings (SSSR count). The summed E-state index contributed by atoms with van der Waals surface area (Å²) in [4.78, 5) is 26.0. The maximum absolute atomic E-state index is 12.1. The molecule has 0 bridgehead atoms. The second-order valence-electron chi connectivity index (χ2n) is 7.72. The van der Waals surface area contributed by atoms with Gasteiger partial charge in [0.1, 0.15) is 0 Å². The number of ether oxygens (including phenoxy) is 2. The number of unbranched alkanes of at least 4 members (excludes halogenated alkanes) is 2. The molecule has 3 unspecified atom stereocenters. The lowest BCUT2D eigenvalue weighted by Crippen LogP contribution is -2.51. The van der Waals surface area contributed by atoms with Crippen molar-refractivity contribution in [2.45, 2.75) is 78.3 Å². The second-order valence-corrected chi connectivity index (χ2v) is 7.72. The Labute approximate surface area is 211 Å². The predicted octanol–water partition coefficient (Wildman–Crippen LogP) is 4.45. The first-order valence-corrected chi connectivity index (χ1v) is 11.3. The van der Waals surface area contributed by atoms with E-state index < -0.39 is 24.6 Å². The third-order valence-electron chi connectivity index (χ3n) is 4.87. The number of hydrogen-bond acceptors (Lipinski definition) is 6. The molecule has 0 aromatic heterocycles. The van der Waals surface area contributed by atoms with E-state index in [0.29, 0.717) is 26.1 Å². The number of hydrogen-bond donors (Lipinski definition) is 3. The van der Waals surface area contributed by atoms with Crippen molar-refractivity contribution in [2.75, 3.05) is 19.6 Å². The van der Waals surface area contributed by atoms with E-state index in [-0.39, 0.29) is 30.9 Å². The van der Waals surface area contributed by atoms with Crippen molar-refractivity contribution < 1.29 is 19.1 Å². The Balaban J connectivity index is 0. The maximum atomic E-state index is 12.1. The summed E-state index contributed by atoms with van der Waals surface area (Å²) in [5, 5.41) is 5.47. The average molecular weight is 510 g/mol. The van der Waals surface area contributed by atoms with Crippen LogP contribution in [-0.4, -0.2) is 55.2 Å². The molecule has 1 aromatic carbocycles. The number of rotatable bonds is 14. The van der Waals surface area contributed by atoms with Crippen LogP contribution in [0.15, 0.2) is 30.3 Å². The molecule has 33 heavy (non-hydrogen) atoms. The van der Waals surface area contributed by atoms with Crippen LogP contribution < -0.4 is 16.4 Å². The summed E-state index contributed by atoms with van der Waals surface area (Å²) in [5.74, 6) is 0. The molecule has 0 spiro atoms. The summed E-state index contributed by atoms with van der Waals surface area (Å²) < 4.78 is 11.0. The number of amides is 2. The highest BCUT2D eigenvalue weighted by Crippen LogP contribution is 2.12. The molecule has 0 aliphatic carbocycles. The Morgan fingerprint density at radius 2 is 1.36 bits per heavy atom. The van der Waals surface area contributed by atoms with Crippen molar-refractivity contribution in [1.82, 2.24) is 15.5 Å². The largest absolute Gasteiger partial charge is 0.430 e. The molecule has 192 valence electrons. The Morgan fingerprint density at radius 1 is 0.909 bits per heavy atom. The van der Waals surface area contributed by atoms with Crippen LogP contribution in [0.2, 0.25) is 0 Å². The predicted molar refractivity (Wildman–Crippen MR) is 137 cm³/mol. The third-order valence-corrected chi connectivity index (χ3v) is 4.87. The molecule has 3 atom stereocenters. The van der Waals surface area contributed by atoms with Gasteiger partial charge >= 0.3 is 12.2 Å². The van der Waals surface area contributed by atoms with E-state index in [9.17, 15) is 9.59 Å². The highest BCUT2D eigenvalue weighted by Gasteiger charge is 2.27. The van der Waals surface area contributed by atoms with Gasteiger partial charge in [-0.25, -0.2) is 14.5 Å². The van der Waals surface area contributed by atoms with Gasteiger partial charge in [-0.1, -0.05) is 57.0 Å². The van der Waals surface area contributed by atoms with Crippen LogP contribution in [0.1, 0.15) is 58.9 Å². The topological polar surface area (TPSA) is 106 Å². The molecular weight excluding hydrogens is 467 g/mol. The van der Waals surface area contributed by atoms with E-state index in [1.165, 1.54) is 0 Å². The minimum absolute atomic E-state index is 0. The average Bonchev–Trinajstić information content (AvgIpc) is 2.73. The van der Waals surface area contributed by atoms with Crippen LogP contribution in [0.4, 0.5) is 9.59 Å². The first-order chi connectivity index (χ1) is 14.9. The van der Waals surface area contributed by atoms with Crippen molar-refractivity contribution in [1.29, 1.82) is 0 Å². The first-order valence-electron chi connectivity index (χ1n) is 11.3. The molecular formula is C23H42Cl2N4O4. The number of nitrogens with one attached hydrogen (secondary N) is 2. The number of nitrogens with zero attached hydrogens (tertiary/aromatic N) is 1. The van der Waals surface area contributed by atoms with Gasteiger partial charge in [-0.3, -0.25) is 0 Å². The fourth-order valence-electron chi connectivity index (χ4n) is 3.11. The Kier molecular flexibility index (Phi) is 20.0. The van der Waals surface area contributed by atoms with Gasteiger partial charge in [0.25, 0.3) is 0 Å². The van der Waals surface area contributed by atoms with Gasteiger partial charge in [-0.2, -0.15) is 0 Å². The van der Waals surface area contributed by atoms with Gasteiger partial charge in [0.05, 0.1) is 0 Å². The van der Waals surface area contributed by atoms with Crippen LogP contribution >= 0.6 is 24.8 Å². The lowest BCUT2D eigenvalue weighted by molar-refractivity contribution is -0.0938. The van der Waals surface area contributed by atoms with Gasteiger partial charge in [-0.15, -0.1) is 24.8 Å². The monoisotopic (exact) mass is 508 g/mol. The van der Waals surface area contributed by atoms with Crippen LogP contribution in [0.25, 0.3) is 0 Å². The number of carbonyl (C=O) groups is 2. The molecule has 2 amide bonds. The third kappa shape index (κ3) is 14.9. The summed E-state index contributed by atoms with van der Waals surface area (Å²) in [5.41, 5.74) is 7.50. The van der Waals surface area contributed by atoms with Gasteiger partial charge < -0.3 is 25.8 Å². The summed E-state index contributed by atoms with van der Waals surface area (Å²) in [7, 11) is 0. The van der Waals surface area contributed by atoms with Crippen molar-refractivity contribution in [3.8, 4) is 0 Å². The number of carbonyl (C=O) groups excluding carboxylic acids is 2. The standard InChI is InChI=1S/C23H40N4O4.2ClH/c1-5-7-14-25-22(28)30-18(3)27(19(4)31-23(29)26-15-8-6-2)17-21(24)16-20-12-10-9-11-13-20;;/h9-13,18-19,21H,5-8,14-17,24H2,1-4H3,(H,25,28)(H,26,29);2*1H. The number of benzene rings is 1. The van der Waals surface area contributed by atoms with Crippen LogP contribution in [0.3, 0.4) is 0 Å². The maximum Gasteiger partial charge on any atom is 0.408 e. The zero-order chi connectivity index (χ0) is 23.1. The van der Waals surface area contributed by atoms with Crippen LogP contribution in [0.5, 0.6) is 0 Å². The van der Waals surface area contributed by atoms with Crippen LogP contribution in [-0.2, 0) is 15.9 Å². The first kappa shape index (κ1) is 33.4. The summed E-state index contributed by atoms with van der Waals surface area (Å²) in [6.07, 6.45) is 2.14. The number of halogens is 2. The van der Waals surface area contributed by atoms with Crippen molar-refractivity contribution in [2.24, 2.45) is 5.73 Å². The highest BCUT2D eigenvalue weighted by molar-refractivity contribution is 5.85. The highest BCUT2D eigenvalue weighted by atomic mass is 35.5. The molecule has 8 nitrogen and oxygen atoms in total. The van der Waals surface area contributed by atoms with Crippen molar-refractivity contribution in [3.63, 3.8) is 0 Å². The summed E-state index contributed by atoms with van der Waals surface area (Å²) in [6.45, 7) is 9.11.